The van der Waals surface area contributed by atoms with Crippen molar-refractivity contribution in [3.05, 3.63) is 0 Å². The highest BCUT2D eigenvalue weighted by Crippen LogP contribution is 2.42. The van der Waals surface area contributed by atoms with Crippen LogP contribution in [0.25, 0.3) is 0 Å². The zero-order valence-corrected chi connectivity index (χ0v) is 8.52. The van der Waals surface area contributed by atoms with E-state index in [0.29, 0.717) is 0 Å². The summed E-state index contributed by atoms with van der Waals surface area (Å²) in [6.45, 7) is 0. The van der Waals surface area contributed by atoms with Gasteiger partial charge < -0.3 is 0 Å². The fourth-order valence-corrected chi connectivity index (χ4v) is 3.39. The Labute approximate surface area is 80.7 Å². The number of halogens is 1. The van der Waals surface area contributed by atoms with E-state index < -0.39 is 0 Å². The van der Waals surface area contributed by atoms with Gasteiger partial charge in [-0.1, -0.05) is 25.7 Å². The van der Waals surface area contributed by atoms with Gasteiger partial charge in [0.05, 0.1) is 0 Å². The highest BCUT2D eigenvalue weighted by molar-refractivity contribution is 6.18. The fourth-order valence-electron chi connectivity index (χ4n) is 3.11. The average Bonchev–Trinajstić information content (AvgIpc) is 2.17. The lowest BCUT2D eigenvalue weighted by Gasteiger charge is -2.38. The van der Waals surface area contributed by atoms with Crippen LogP contribution in [0.5, 0.6) is 0 Å². The predicted octanol–water partition coefficient (Wildman–Crippen LogP) is 3.83. The van der Waals surface area contributed by atoms with E-state index in [9.17, 15) is 0 Å². The summed E-state index contributed by atoms with van der Waals surface area (Å²) in [7, 11) is 0. The van der Waals surface area contributed by atoms with Gasteiger partial charge in [-0.3, -0.25) is 0 Å². The Balaban J connectivity index is 1.90. The minimum absolute atomic E-state index is 0.853. The molecule has 2 aliphatic carbocycles. The molecule has 2 saturated carbocycles. The van der Waals surface area contributed by atoms with Crippen LogP contribution in [0.2, 0.25) is 0 Å². The third-order valence-electron chi connectivity index (χ3n) is 3.87. The van der Waals surface area contributed by atoms with Crippen molar-refractivity contribution in [3.63, 3.8) is 0 Å². The average molecular weight is 187 g/mol. The quantitative estimate of drug-likeness (QED) is 0.546. The third-order valence-corrected chi connectivity index (χ3v) is 4.30. The van der Waals surface area contributed by atoms with Crippen LogP contribution in [0.4, 0.5) is 0 Å². The van der Waals surface area contributed by atoms with E-state index in [1.807, 2.05) is 0 Å². The van der Waals surface area contributed by atoms with Crippen molar-refractivity contribution < 1.29 is 0 Å². The van der Waals surface area contributed by atoms with Gasteiger partial charge in [-0.15, -0.1) is 11.6 Å². The molecule has 0 aromatic rings. The zero-order valence-electron chi connectivity index (χ0n) is 7.77. The van der Waals surface area contributed by atoms with Crippen molar-refractivity contribution in [1.29, 1.82) is 0 Å². The van der Waals surface area contributed by atoms with E-state index in [-0.39, 0.29) is 0 Å². The molecule has 70 valence electrons. The normalized spacial score (nSPS) is 42.2. The van der Waals surface area contributed by atoms with Gasteiger partial charge in [0.1, 0.15) is 0 Å². The van der Waals surface area contributed by atoms with Gasteiger partial charge in [-0.2, -0.15) is 0 Å². The minimum atomic E-state index is 0.853. The van der Waals surface area contributed by atoms with Crippen molar-refractivity contribution in [2.24, 2.45) is 17.8 Å². The lowest BCUT2D eigenvalue weighted by atomic mass is 9.68. The number of alkyl halides is 1. The van der Waals surface area contributed by atoms with Crippen molar-refractivity contribution in [1.82, 2.24) is 0 Å². The molecule has 0 amide bonds. The van der Waals surface area contributed by atoms with Gasteiger partial charge in [-0.05, 0) is 37.0 Å². The Bertz CT molecular complexity index is 144. The predicted molar refractivity (Wildman–Crippen MR) is 53.5 cm³/mol. The van der Waals surface area contributed by atoms with Crippen molar-refractivity contribution >= 4 is 11.6 Å². The molecule has 0 spiro atoms. The molecule has 2 aliphatic rings. The summed E-state index contributed by atoms with van der Waals surface area (Å²) in [4.78, 5) is 0. The second kappa shape index (κ2) is 4.00. The first-order chi connectivity index (χ1) is 5.90. The SMILES string of the molecule is ClCC1CCC2CCCCC2C1. The van der Waals surface area contributed by atoms with Gasteiger partial charge in [0, 0.05) is 5.88 Å². The van der Waals surface area contributed by atoms with Crippen molar-refractivity contribution in [2.45, 2.75) is 44.9 Å². The number of fused-ring (bicyclic) bond motifs is 1. The Morgan fingerprint density at radius 3 is 2.42 bits per heavy atom. The van der Waals surface area contributed by atoms with Gasteiger partial charge in [0.15, 0.2) is 0 Å². The van der Waals surface area contributed by atoms with Crippen LogP contribution in [0.1, 0.15) is 44.9 Å². The minimum Gasteiger partial charge on any atom is -0.126 e. The Hall–Kier alpha value is 0.290. The third kappa shape index (κ3) is 1.79. The van der Waals surface area contributed by atoms with Crippen molar-refractivity contribution in [2.75, 3.05) is 5.88 Å². The maximum atomic E-state index is 5.91. The van der Waals surface area contributed by atoms with E-state index in [0.717, 1.165) is 23.6 Å². The molecule has 0 aromatic carbocycles. The van der Waals surface area contributed by atoms with E-state index in [1.54, 1.807) is 0 Å². The summed E-state index contributed by atoms with van der Waals surface area (Å²) >= 11 is 5.91. The summed E-state index contributed by atoms with van der Waals surface area (Å²) in [5.74, 6) is 3.89. The fraction of sp³-hybridized carbons (Fsp3) is 1.00. The second-order valence-corrected chi connectivity index (χ2v) is 4.95. The molecule has 2 fully saturated rings. The molecule has 2 rings (SSSR count). The van der Waals surface area contributed by atoms with Gasteiger partial charge in [0.2, 0.25) is 0 Å². The lowest BCUT2D eigenvalue weighted by molar-refractivity contribution is 0.138. The molecule has 3 atom stereocenters. The van der Waals surface area contributed by atoms with Crippen molar-refractivity contribution in [3.8, 4) is 0 Å². The molecular weight excluding hydrogens is 168 g/mol. The van der Waals surface area contributed by atoms with E-state index >= 15 is 0 Å². The number of rotatable bonds is 1. The number of hydrogen-bond donors (Lipinski definition) is 0. The van der Waals surface area contributed by atoms with E-state index in [1.165, 1.54) is 44.9 Å². The molecule has 0 heterocycles. The summed E-state index contributed by atoms with van der Waals surface area (Å²) in [6.07, 6.45) is 10.3. The van der Waals surface area contributed by atoms with Crippen LogP contribution in [-0.4, -0.2) is 5.88 Å². The largest absolute Gasteiger partial charge is 0.126 e. The summed E-state index contributed by atoms with van der Waals surface area (Å²) in [5.41, 5.74) is 0. The monoisotopic (exact) mass is 186 g/mol. The number of hydrogen-bond acceptors (Lipinski definition) is 0. The molecule has 0 N–H and O–H groups in total. The maximum Gasteiger partial charge on any atom is 0.0251 e. The summed E-state index contributed by atoms with van der Waals surface area (Å²) < 4.78 is 0. The molecule has 1 heteroatoms. The van der Waals surface area contributed by atoms with Crippen LogP contribution in [0.3, 0.4) is 0 Å². The van der Waals surface area contributed by atoms with Crippen LogP contribution in [0.15, 0.2) is 0 Å². The van der Waals surface area contributed by atoms with E-state index in [2.05, 4.69) is 0 Å². The summed E-state index contributed by atoms with van der Waals surface area (Å²) in [5, 5.41) is 0. The van der Waals surface area contributed by atoms with Gasteiger partial charge in [0.25, 0.3) is 0 Å². The van der Waals surface area contributed by atoms with E-state index in [4.69, 9.17) is 11.6 Å². The first-order valence-corrected chi connectivity index (χ1v) is 5.99. The molecule has 0 radical (unpaired) electrons. The second-order valence-electron chi connectivity index (χ2n) is 4.64. The van der Waals surface area contributed by atoms with Crippen LogP contribution in [-0.2, 0) is 0 Å². The van der Waals surface area contributed by atoms with Gasteiger partial charge >= 0.3 is 0 Å². The van der Waals surface area contributed by atoms with Crippen LogP contribution < -0.4 is 0 Å². The molecule has 0 nitrogen and oxygen atoms in total. The first-order valence-electron chi connectivity index (χ1n) is 5.46. The standard InChI is InChI=1S/C11H19Cl/c12-8-9-5-6-10-3-1-2-4-11(10)7-9/h9-11H,1-8H2. The lowest BCUT2D eigenvalue weighted by Crippen LogP contribution is -2.28. The Morgan fingerprint density at radius 1 is 0.917 bits per heavy atom. The summed E-state index contributed by atoms with van der Waals surface area (Å²) in [6, 6.07) is 0. The Morgan fingerprint density at radius 2 is 1.67 bits per heavy atom. The first kappa shape index (κ1) is 8.87. The van der Waals surface area contributed by atoms with Crippen LogP contribution in [0, 0.1) is 17.8 Å². The molecule has 0 aliphatic heterocycles. The Kier molecular flexibility index (Phi) is 2.96. The molecular formula is C11H19Cl. The smallest absolute Gasteiger partial charge is 0.0251 e. The molecule has 0 saturated heterocycles. The molecule has 0 aromatic heterocycles. The van der Waals surface area contributed by atoms with Gasteiger partial charge in [-0.25, -0.2) is 0 Å². The molecule has 0 bridgehead atoms. The molecule has 3 unspecified atom stereocenters. The molecule has 12 heavy (non-hydrogen) atoms. The zero-order chi connectivity index (χ0) is 8.39. The van der Waals surface area contributed by atoms with Crippen LogP contribution >= 0.6 is 11.6 Å². The highest BCUT2D eigenvalue weighted by Gasteiger charge is 2.31. The maximum absolute atomic E-state index is 5.91. The topological polar surface area (TPSA) is 0 Å². The highest BCUT2D eigenvalue weighted by atomic mass is 35.5.